The summed E-state index contributed by atoms with van der Waals surface area (Å²) in [7, 11) is 0. The quantitative estimate of drug-likeness (QED) is 0.139. The van der Waals surface area contributed by atoms with Crippen molar-refractivity contribution in [1.82, 2.24) is 0 Å². The van der Waals surface area contributed by atoms with Gasteiger partial charge in [-0.25, -0.2) is 14.4 Å². The summed E-state index contributed by atoms with van der Waals surface area (Å²) in [6.45, 7) is 10.9. The highest BCUT2D eigenvalue weighted by atomic mass is 16.5. The summed E-state index contributed by atoms with van der Waals surface area (Å²) < 4.78 is 21.3. The second-order valence-corrected chi connectivity index (χ2v) is 8.25. The molecule has 3 rings (SSSR count). The van der Waals surface area contributed by atoms with Crippen LogP contribution in [-0.4, -0.2) is 31.1 Å². The van der Waals surface area contributed by atoms with E-state index in [4.69, 9.17) is 18.9 Å². The minimum absolute atomic E-state index is 0.241. The van der Waals surface area contributed by atoms with E-state index in [0.29, 0.717) is 47.0 Å². The minimum Gasteiger partial charge on any atom is -0.493 e. The number of hydrogen-bond acceptors (Lipinski definition) is 7. The first-order valence-electron chi connectivity index (χ1n) is 11.6. The van der Waals surface area contributed by atoms with Crippen LogP contribution in [0.3, 0.4) is 0 Å². The second kappa shape index (κ2) is 12.9. The molecule has 7 heteroatoms. The van der Waals surface area contributed by atoms with Crippen LogP contribution in [0.2, 0.25) is 0 Å². The van der Waals surface area contributed by atoms with Crippen LogP contribution in [-0.2, 0) is 14.3 Å². The predicted molar refractivity (Wildman–Crippen MR) is 140 cm³/mol. The van der Waals surface area contributed by atoms with Gasteiger partial charge in [-0.3, -0.25) is 0 Å². The van der Waals surface area contributed by atoms with E-state index in [0.717, 1.165) is 11.1 Å². The van der Waals surface area contributed by atoms with Gasteiger partial charge in [0, 0.05) is 17.6 Å². The molecule has 0 heterocycles. The molecule has 3 aromatic carbocycles. The summed E-state index contributed by atoms with van der Waals surface area (Å²) in [4.78, 5) is 35.5. The van der Waals surface area contributed by atoms with Crippen molar-refractivity contribution in [3.63, 3.8) is 0 Å². The van der Waals surface area contributed by atoms with E-state index in [1.807, 2.05) is 24.3 Å². The van der Waals surface area contributed by atoms with Crippen LogP contribution in [0.25, 0.3) is 11.1 Å². The first-order valence-corrected chi connectivity index (χ1v) is 11.6. The number of ether oxygens (including phenoxy) is 4. The summed E-state index contributed by atoms with van der Waals surface area (Å²) in [6.07, 6.45) is 0.533. The lowest BCUT2D eigenvalue weighted by atomic mass is 10.1. The van der Waals surface area contributed by atoms with E-state index in [1.165, 1.54) is 0 Å². The fourth-order valence-corrected chi connectivity index (χ4v) is 3.02. The van der Waals surface area contributed by atoms with Gasteiger partial charge in [0.25, 0.3) is 0 Å². The molecule has 0 radical (unpaired) electrons. The maximum Gasteiger partial charge on any atom is 0.343 e. The molecule has 7 nitrogen and oxygen atoms in total. The predicted octanol–water partition coefficient (Wildman–Crippen LogP) is 5.94. The van der Waals surface area contributed by atoms with Gasteiger partial charge in [-0.2, -0.15) is 0 Å². The molecule has 0 aromatic heterocycles. The molecule has 0 amide bonds. The Hall–Kier alpha value is -4.65. The van der Waals surface area contributed by atoms with E-state index in [1.54, 1.807) is 62.4 Å². The van der Waals surface area contributed by atoms with Crippen LogP contribution in [0.4, 0.5) is 0 Å². The Bertz CT molecular complexity index is 1270. The van der Waals surface area contributed by atoms with Crippen LogP contribution in [0.1, 0.15) is 30.6 Å². The summed E-state index contributed by atoms with van der Waals surface area (Å²) in [5.41, 5.74) is 2.89. The summed E-state index contributed by atoms with van der Waals surface area (Å²) in [6, 6.07) is 20.8. The zero-order chi connectivity index (χ0) is 26.8. The van der Waals surface area contributed by atoms with Gasteiger partial charge >= 0.3 is 17.9 Å². The molecule has 190 valence electrons. The molecule has 0 fully saturated rings. The highest BCUT2D eigenvalue weighted by Gasteiger charge is 2.10. The van der Waals surface area contributed by atoms with Crippen LogP contribution < -0.4 is 14.2 Å². The van der Waals surface area contributed by atoms with Crippen molar-refractivity contribution >= 4 is 17.9 Å². The monoisotopic (exact) mass is 500 g/mol. The Morgan fingerprint density at radius 3 is 1.62 bits per heavy atom. The van der Waals surface area contributed by atoms with Crippen molar-refractivity contribution < 1.29 is 33.3 Å². The summed E-state index contributed by atoms with van der Waals surface area (Å²) >= 11 is 0. The van der Waals surface area contributed by atoms with Gasteiger partial charge in [0.2, 0.25) is 0 Å². The standard InChI is InChI=1S/C30H28O7/c1-20(2)28(31)35-19-5-18-34-25-12-10-24(11-13-25)30(33)37-27-16-8-23(9-17-27)22-6-14-26(15-7-22)36-29(32)21(3)4/h6-17H,1,3,5,18-19H2,2,4H3. The SMILES string of the molecule is C=C(C)C(=O)OCCCOc1ccc(C(=O)Oc2ccc(-c3ccc(OC(=O)C(=C)C)cc3)cc2)cc1. The zero-order valence-corrected chi connectivity index (χ0v) is 20.8. The number of rotatable bonds is 11. The Balaban J connectivity index is 1.48. The van der Waals surface area contributed by atoms with E-state index < -0.39 is 17.9 Å². The Morgan fingerprint density at radius 1 is 0.622 bits per heavy atom. The zero-order valence-electron chi connectivity index (χ0n) is 20.8. The van der Waals surface area contributed by atoms with Crippen LogP contribution in [0.5, 0.6) is 17.2 Å². The van der Waals surface area contributed by atoms with E-state index >= 15 is 0 Å². The van der Waals surface area contributed by atoms with E-state index in [9.17, 15) is 14.4 Å². The second-order valence-electron chi connectivity index (χ2n) is 8.25. The number of carbonyl (C=O) groups is 3. The van der Waals surface area contributed by atoms with Crippen molar-refractivity contribution in [1.29, 1.82) is 0 Å². The minimum atomic E-state index is -0.491. The highest BCUT2D eigenvalue weighted by molar-refractivity contribution is 5.91. The van der Waals surface area contributed by atoms with Crippen LogP contribution >= 0.6 is 0 Å². The largest absolute Gasteiger partial charge is 0.493 e. The summed E-state index contributed by atoms with van der Waals surface area (Å²) in [5, 5.41) is 0. The van der Waals surface area contributed by atoms with E-state index in [-0.39, 0.29) is 6.61 Å². The van der Waals surface area contributed by atoms with Crippen molar-refractivity contribution in [3.8, 4) is 28.4 Å². The molecular formula is C30H28O7. The van der Waals surface area contributed by atoms with Crippen LogP contribution in [0.15, 0.2) is 97.1 Å². The maximum atomic E-state index is 12.5. The van der Waals surface area contributed by atoms with Crippen LogP contribution in [0, 0.1) is 0 Å². The molecule has 0 saturated heterocycles. The highest BCUT2D eigenvalue weighted by Crippen LogP contribution is 2.25. The molecular weight excluding hydrogens is 472 g/mol. The fraction of sp³-hybridized carbons (Fsp3) is 0.167. The number of hydrogen-bond donors (Lipinski definition) is 0. The van der Waals surface area contributed by atoms with Gasteiger partial charge in [-0.1, -0.05) is 37.4 Å². The molecule has 0 saturated carbocycles. The molecule has 0 spiro atoms. The fourth-order valence-electron chi connectivity index (χ4n) is 3.02. The third-order valence-electron chi connectivity index (χ3n) is 5.04. The average Bonchev–Trinajstić information content (AvgIpc) is 2.89. The van der Waals surface area contributed by atoms with Gasteiger partial charge < -0.3 is 18.9 Å². The molecule has 0 aliphatic rings. The normalized spacial score (nSPS) is 10.2. The van der Waals surface area contributed by atoms with Gasteiger partial charge in [-0.15, -0.1) is 0 Å². The number of esters is 3. The number of benzene rings is 3. The molecule has 37 heavy (non-hydrogen) atoms. The lowest BCUT2D eigenvalue weighted by Gasteiger charge is -2.09. The van der Waals surface area contributed by atoms with Crippen molar-refractivity contribution in [2.24, 2.45) is 0 Å². The molecule has 0 atom stereocenters. The number of carbonyl (C=O) groups excluding carboxylic acids is 3. The van der Waals surface area contributed by atoms with Gasteiger partial charge in [0.1, 0.15) is 17.2 Å². The molecule has 0 N–H and O–H groups in total. The average molecular weight is 501 g/mol. The molecule has 0 unspecified atom stereocenters. The van der Waals surface area contributed by atoms with E-state index in [2.05, 4.69) is 13.2 Å². The Morgan fingerprint density at radius 2 is 1.11 bits per heavy atom. The maximum absolute atomic E-state index is 12.5. The molecule has 0 aliphatic carbocycles. The smallest absolute Gasteiger partial charge is 0.343 e. The van der Waals surface area contributed by atoms with Crippen molar-refractivity contribution in [2.75, 3.05) is 13.2 Å². The third-order valence-corrected chi connectivity index (χ3v) is 5.04. The first kappa shape index (κ1) is 26.9. The molecule has 3 aromatic rings. The van der Waals surface area contributed by atoms with Crippen molar-refractivity contribution in [3.05, 3.63) is 103 Å². The van der Waals surface area contributed by atoms with Gasteiger partial charge in [0.05, 0.1) is 18.8 Å². The third kappa shape index (κ3) is 8.21. The Kier molecular flexibility index (Phi) is 9.38. The Labute approximate surface area is 215 Å². The first-order chi connectivity index (χ1) is 17.7. The summed E-state index contributed by atoms with van der Waals surface area (Å²) in [5.74, 6) is 0.0466. The lowest BCUT2D eigenvalue weighted by Crippen LogP contribution is -2.10. The molecule has 0 bridgehead atoms. The van der Waals surface area contributed by atoms with Gasteiger partial charge in [-0.05, 0) is 73.5 Å². The topological polar surface area (TPSA) is 88.1 Å². The lowest BCUT2D eigenvalue weighted by molar-refractivity contribution is -0.139. The van der Waals surface area contributed by atoms with Gasteiger partial charge in [0.15, 0.2) is 0 Å². The van der Waals surface area contributed by atoms with Crippen molar-refractivity contribution in [2.45, 2.75) is 20.3 Å². The molecule has 0 aliphatic heterocycles.